The largest absolute Gasteiger partial charge is 0.394 e. The summed E-state index contributed by atoms with van der Waals surface area (Å²) in [4.78, 5) is 18.4. The first-order valence-electron chi connectivity index (χ1n) is 5.26. The van der Waals surface area contributed by atoms with Crippen LogP contribution in [0.2, 0.25) is 0 Å². The standard InChI is InChI=1S/C10H18N4O2/c1-7-9(13-6-12-7)4-8(5-15)14-10(16)2-3-11/h6,8,15H,2-5,11H2,1H3,(H,12,13)(H,14,16)/t8-/m0/s1. The summed E-state index contributed by atoms with van der Waals surface area (Å²) in [5.74, 6) is -0.144. The number of hydrogen-bond donors (Lipinski definition) is 4. The molecule has 0 aliphatic heterocycles. The van der Waals surface area contributed by atoms with Crippen molar-refractivity contribution in [2.45, 2.75) is 25.8 Å². The van der Waals surface area contributed by atoms with Crippen molar-refractivity contribution in [2.75, 3.05) is 13.2 Å². The van der Waals surface area contributed by atoms with E-state index in [-0.39, 0.29) is 25.0 Å². The second-order valence-electron chi connectivity index (χ2n) is 3.66. The molecule has 6 nitrogen and oxygen atoms in total. The van der Waals surface area contributed by atoms with Gasteiger partial charge in [-0.05, 0) is 6.92 Å². The maximum atomic E-state index is 11.3. The summed E-state index contributed by atoms with van der Waals surface area (Å²) >= 11 is 0. The van der Waals surface area contributed by atoms with Crippen molar-refractivity contribution in [3.05, 3.63) is 17.7 Å². The molecule has 0 saturated carbocycles. The van der Waals surface area contributed by atoms with E-state index in [0.29, 0.717) is 13.0 Å². The van der Waals surface area contributed by atoms with E-state index >= 15 is 0 Å². The second-order valence-corrected chi connectivity index (χ2v) is 3.66. The van der Waals surface area contributed by atoms with Crippen LogP contribution in [0.15, 0.2) is 6.33 Å². The van der Waals surface area contributed by atoms with Gasteiger partial charge in [-0.25, -0.2) is 4.98 Å². The number of aryl methyl sites for hydroxylation is 1. The first kappa shape index (κ1) is 12.7. The molecule has 1 amide bonds. The Morgan fingerprint density at radius 1 is 1.75 bits per heavy atom. The number of H-pyrrole nitrogens is 1. The minimum absolute atomic E-state index is 0.109. The number of carbonyl (C=O) groups excluding carboxylic acids is 1. The lowest BCUT2D eigenvalue weighted by molar-refractivity contribution is -0.121. The number of aliphatic hydroxyl groups is 1. The van der Waals surface area contributed by atoms with Crippen molar-refractivity contribution in [2.24, 2.45) is 5.73 Å². The number of nitrogens with two attached hydrogens (primary N) is 1. The first-order valence-corrected chi connectivity index (χ1v) is 5.26. The van der Waals surface area contributed by atoms with E-state index in [0.717, 1.165) is 11.4 Å². The van der Waals surface area contributed by atoms with Crippen LogP contribution in [0.3, 0.4) is 0 Å². The van der Waals surface area contributed by atoms with E-state index in [9.17, 15) is 4.79 Å². The molecule has 0 aliphatic carbocycles. The van der Waals surface area contributed by atoms with E-state index in [4.69, 9.17) is 10.8 Å². The van der Waals surface area contributed by atoms with Crippen LogP contribution in [0, 0.1) is 6.92 Å². The van der Waals surface area contributed by atoms with Crippen molar-refractivity contribution in [3.63, 3.8) is 0 Å². The summed E-state index contributed by atoms with van der Waals surface area (Å²) in [6, 6.07) is -0.305. The monoisotopic (exact) mass is 226 g/mol. The van der Waals surface area contributed by atoms with Crippen LogP contribution >= 0.6 is 0 Å². The average Bonchev–Trinajstić information content (AvgIpc) is 2.64. The highest BCUT2D eigenvalue weighted by Gasteiger charge is 2.13. The second kappa shape index (κ2) is 6.24. The van der Waals surface area contributed by atoms with Crippen LogP contribution in [0.1, 0.15) is 17.8 Å². The fourth-order valence-electron chi connectivity index (χ4n) is 1.42. The van der Waals surface area contributed by atoms with Gasteiger partial charge in [-0.15, -0.1) is 0 Å². The van der Waals surface area contributed by atoms with E-state index < -0.39 is 0 Å². The molecule has 0 saturated heterocycles. The number of nitrogens with one attached hydrogen (secondary N) is 2. The number of hydrogen-bond acceptors (Lipinski definition) is 4. The quantitative estimate of drug-likeness (QED) is 0.504. The van der Waals surface area contributed by atoms with Crippen LogP contribution in [0.5, 0.6) is 0 Å². The molecule has 6 heteroatoms. The highest BCUT2D eigenvalue weighted by atomic mass is 16.3. The van der Waals surface area contributed by atoms with Gasteiger partial charge < -0.3 is 21.1 Å². The number of rotatable bonds is 6. The molecule has 0 aromatic carbocycles. The van der Waals surface area contributed by atoms with Crippen molar-refractivity contribution in [3.8, 4) is 0 Å². The first-order chi connectivity index (χ1) is 7.67. The third-order valence-electron chi connectivity index (χ3n) is 2.33. The molecule has 0 spiro atoms. The summed E-state index contributed by atoms with van der Waals surface area (Å²) < 4.78 is 0. The van der Waals surface area contributed by atoms with Gasteiger partial charge >= 0.3 is 0 Å². The Balaban J connectivity index is 2.49. The maximum absolute atomic E-state index is 11.3. The average molecular weight is 226 g/mol. The number of imidazole rings is 1. The Morgan fingerprint density at radius 3 is 3.00 bits per heavy atom. The van der Waals surface area contributed by atoms with Gasteiger partial charge in [0.2, 0.25) is 5.91 Å². The zero-order chi connectivity index (χ0) is 12.0. The minimum atomic E-state index is -0.305. The summed E-state index contributed by atoms with van der Waals surface area (Å²) in [5.41, 5.74) is 7.07. The highest BCUT2D eigenvalue weighted by molar-refractivity contribution is 5.76. The number of aromatic nitrogens is 2. The predicted octanol–water partition coefficient (Wildman–Crippen LogP) is -0.913. The van der Waals surface area contributed by atoms with Crippen molar-refractivity contribution < 1.29 is 9.90 Å². The zero-order valence-electron chi connectivity index (χ0n) is 9.36. The Morgan fingerprint density at radius 2 is 2.50 bits per heavy atom. The van der Waals surface area contributed by atoms with Gasteiger partial charge in [0.05, 0.1) is 24.7 Å². The lowest BCUT2D eigenvalue weighted by Gasteiger charge is -2.15. The van der Waals surface area contributed by atoms with Crippen LogP contribution in [0.4, 0.5) is 0 Å². The van der Waals surface area contributed by atoms with E-state index in [1.54, 1.807) is 6.33 Å². The van der Waals surface area contributed by atoms with Crippen LogP contribution in [-0.2, 0) is 11.2 Å². The van der Waals surface area contributed by atoms with Gasteiger partial charge in [-0.3, -0.25) is 4.79 Å². The van der Waals surface area contributed by atoms with E-state index in [1.807, 2.05) is 6.92 Å². The van der Waals surface area contributed by atoms with Gasteiger partial charge in [0.1, 0.15) is 0 Å². The van der Waals surface area contributed by atoms with Gasteiger partial charge in [-0.1, -0.05) is 0 Å². The molecule has 5 N–H and O–H groups in total. The number of amides is 1. The van der Waals surface area contributed by atoms with Gasteiger partial charge in [0.15, 0.2) is 0 Å². The van der Waals surface area contributed by atoms with Gasteiger partial charge in [0.25, 0.3) is 0 Å². The Kier molecular flexibility index (Phi) is 4.94. The lowest BCUT2D eigenvalue weighted by Crippen LogP contribution is -2.40. The number of nitrogens with zero attached hydrogens (tertiary/aromatic N) is 1. The van der Waals surface area contributed by atoms with Crippen molar-refractivity contribution in [1.29, 1.82) is 0 Å². The molecule has 1 atom stereocenters. The number of aromatic amines is 1. The number of carbonyl (C=O) groups is 1. The molecular formula is C10H18N4O2. The third kappa shape index (κ3) is 3.63. The highest BCUT2D eigenvalue weighted by Crippen LogP contribution is 2.04. The Labute approximate surface area is 94.3 Å². The molecule has 1 heterocycles. The van der Waals surface area contributed by atoms with Crippen molar-refractivity contribution in [1.82, 2.24) is 15.3 Å². The maximum Gasteiger partial charge on any atom is 0.221 e. The molecule has 16 heavy (non-hydrogen) atoms. The molecule has 90 valence electrons. The zero-order valence-corrected chi connectivity index (χ0v) is 9.36. The van der Waals surface area contributed by atoms with E-state index in [1.165, 1.54) is 0 Å². The Bertz CT molecular complexity index is 337. The number of aliphatic hydroxyl groups excluding tert-OH is 1. The lowest BCUT2D eigenvalue weighted by atomic mass is 10.1. The van der Waals surface area contributed by atoms with E-state index in [2.05, 4.69) is 15.3 Å². The normalized spacial score (nSPS) is 12.4. The van der Waals surface area contributed by atoms with Crippen LogP contribution in [0.25, 0.3) is 0 Å². The molecule has 0 fully saturated rings. The molecule has 1 rings (SSSR count). The van der Waals surface area contributed by atoms with Crippen LogP contribution in [-0.4, -0.2) is 40.2 Å². The van der Waals surface area contributed by atoms with Crippen LogP contribution < -0.4 is 11.1 Å². The molecule has 0 radical (unpaired) electrons. The fourth-order valence-corrected chi connectivity index (χ4v) is 1.42. The van der Waals surface area contributed by atoms with Crippen molar-refractivity contribution >= 4 is 5.91 Å². The molecular weight excluding hydrogens is 208 g/mol. The summed E-state index contributed by atoms with van der Waals surface area (Å²) in [6.07, 6.45) is 2.39. The third-order valence-corrected chi connectivity index (χ3v) is 2.33. The molecule has 0 bridgehead atoms. The smallest absolute Gasteiger partial charge is 0.221 e. The summed E-state index contributed by atoms with van der Waals surface area (Å²) in [6.45, 7) is 2.10. The predicted molar refractivity (Wildman–Crippen MR) is 59.7 cm³/mol. The summed E-state index contributed by atoms with van der Waals surface area (Å²) in [7, 11) is 0. The topological polar surface area (TPSA) is 104 Å². The molecule has 0 aliphatic rings. The Hall–Kier alpha value is -1.40. The molecule has 0 unspecified atom stereocenters. The SMILES string of the molecule is Cc1[nH]cnc1C[C@@H](CO)NC(=O)CCN. The molecule has 1 aromatic heterocycles. The van der Waals surface area contributed by atoms with Gasteiger partial charge in [-0.2, -0.15) is 0 Å². The molecule has 1 aromatic rings. The van der Waals surface area contributed by atoms with Gasteiger partial charge in [0, 0.05) is 25.1 Å². The minimum Gasteiger partial charge on any atom is -0.394 e. The summed E-state index contributed by atoms with van der Waals surface area (Å²) in [5, 5.41) is 11.9. The fraction of sp³-hybridized carbons (Fsp3) is 0.600.